The SMILES string of the molecule is O=C(Cn1ncc2ccccc2c1=O)Nc1ccccc1Oc1ccccc1Cl. The van der Waals surface area contributed by atoms with E-state index in [1.165, 1.54) is 0 Å². The van der Waals surface area contributed by atoms with E-state index in [1.807, 2.05) is 6.07 Å². The standard InChI is InChI=1S/C22H16ClN3O3/c23-17-9-3-5-11-19(17)29-20-12-6-4-10-18(20)25-21(27)14-26-22(28)16-8-2-1-7-15(16)13-24-26/h1-13H,14H2,(H,25,27). The fraction of sp³-hybridized carbons (Fsp3) is 0.0455. The molecule has 0 fully saturated rings. The van der Waals surface area contributed by atoms with Gasteiger partial charge in [-0.2, -0.15) is 5.10 Å². The number of hydrogen-bond acceptors (Lipinski definition) is 4. The van der Waals surface area contributed by atoms with Gasteiger partial charge in [-0.25, -0.2) is 4.68 Å². The first-order valence-corrected chi connectivity index (χ1v) is 9.26. The second kappa shape index (κ2) is 8.16. The molecule has 0 saturated heterocycles. The maximum atomic E-state index is 12.5. The van der Waals surface area contributed by atoms with E-state index >= 15 is 0 Å². The summed E-state index contributed by atoms with van der Waals surface area (Å²) < 4.78 is 6.98. The number of rotatable bonds is 5. The van der Waals surface area contributed by atoms with Gasteiger partial charge in [0.05, 0.1) is 22.3 Å². The number of aromatic nitrogens is 2. The summed E-state index contributed by atoms with van der Waals surface area (Å²) in [6.45, 7) is -0.218. The van der Waals surface area contributed by atoms with E-state index in [0.29, 0.717) is 27.6 Å². The van der Waals surface area contributed by atoms with Crippen LogP contribution in [0.5, 0.6) is 11.5 Å². The molecule has 0 radical (unpaired) electrons. The Bertz CT molecular complexity index is 1250. The highest BCUT2D eigenvalue weighted by Crippen LogP contribution is 2.33. The molecule has 144 valence electrons. The van der Waals surface area contributed by atoms with E-state index in [9.17, 15) is 9.59 Å². The molecule has 7 heteroatoms. The molecule has 0 atom stereocenters. The molecule has 0 aliphatic rings. The van der Waals surface area contributed by atoms with Crippen LogP contribution in [-0.4, -0.2) is 15.7 Å². The molecule has 0 aliphatic heterocycles. The van der Waals surface area contributed by atoms with Gasteiger partial charge in [0.1, 0.15) is 12.3 Å². The van der Waals surface area contributed by atoms with Gasteiger partial charge in [0, 0.05) is 5.39 Å². The van der Waals surface area contributed by atoms with Crippen molar-refractivity contribution in [3.05, 3.63) is 94.4 Å². The molecule has 4 aromatic rings. The molecular formula is C22H16ClN3O3. The molecule has 0 saturated carbocycles. The maximum absolute atomic E-state index is 12.5. The molecular weight excluding hydrogens is 390 g/mol. The lowest BCUT2D eigenvalue weighted by molar-refractivity contribution is -0.117. The molecule has 0 unspecified atom stereocenters. The number of nitrogens with zero attached hydrogens (tertiary/aromatic N) is 2. The molecule has 0 bridgehead atoms. The van der Waals surface area contributed by atoms with Crippen LogP contribution in [0.15, 0.2) is 83.8 Å². The molecule has 1 amide bonds. The van der Waals surface area contributed by atoms with Gasteiger partial charge in [0.15, 0.2) is 5.75 Å². The molecule has 29 heavy (non-hydrogen) atoms. The number of benzene rings is 3. The van der Waals surface area contributed by atoms with Crippen LogP contribution in [0.4, 0.5) is 5.69 Å². The lowest BCUT2D eigenvalue weighted by Crippen LogP contribution is -2.29. The van der Waals surface area contributed by atoms with Gasteiger partial charge in [0.25, 0.3) is 5.56 Å². The zero-order chi connectivity index (χ0) is 20.2. The van der Waals surface area contributed by atoms with Crippen molar-refractivity contribution in [3.63, 3.8) is 0 Å². The molecule has 1 heterocycles. The Morgan fingerprint density at radius 2 is 1.66 bits per heavy atom. The molecule has 3 aromatic carbocycles. The number of anilines is 1. The Hall–Kier alpha value is -3.64. The van der Waals surface area contributed by atoms with Gasteiger partial charge in [0.2, 0.25) is 5.91 Å². The lowest BCUT2D eigenvalue weighted by Gasteiger charge is -2.13. The predicted molar refractivity (Wildman–Crippen MR) is 113 cm³/mol. The number of ether oxygens (including phenoxy) is 1. The van der Waals surface area contributed by atoms with Gasteiger partial charge in [-0.1, -0.05) is 54.1 Å². The first kappa shape index (κ1) is 18.7. The summed E-state index contributed by atoms with van der Waals surface area (Å²) in [5.41, 5.74) is 0.144. The van der Waals surface area contributed by atoms with Gasteiger partial charge < -0.3 is 10.1 Å². The van der Waals surface area contributed by atoms with Gasteiger partial charge in [-0.05, 0) is 30.3 Å². The minimum atomic E-state index is -0.398. The van der Waals surface area contributed by atoms with Crippen LogP contribution in [0.25, 0.3) is 10.8 Å². The first-order chi connectivity index (χ1) is 14.1. The summed E-state index contributed by atoms with van der Waals surface area (Å²) in [4.78, 5) is 25.1. The second-order valence-electron chi connectivity index (χ2n) is 6.27. The number of para-hydroxylation sites is 3. The maximum Gasteiger partial charge on any atom is 0.275 e. The number of nitrogens with one attached hydrogen (secondary N) is 1. The minimum Gasteiger partial charge on any atom is -0.454 e. The first-order valence-electron chi connectivity index (χ1n) is 8.88. The Morgan fingerprint density at radius 1 is 0.966 bits per heavy atom. The van der Waals surface area contributed by atoms with Crippen LogP contribution in [0.1, 0.15) is 0 Å². The highest BCUT2D eigenvalue weighted by Gasteiger charge is 2.12. The fourth-order valence-electron chi connectivity index (χ4n) is 2.87. The zero-order valence-corrected chi connectivity index (χ0v) is 16.0. The molecule has 1 N–H and O–H groups in total. The van der Waals surface area contributed by atoms with Gasteiger partial charge >= 0.3 is 0 Å². The van der Waals surface area contributed by atoms with Crippen LogP contribution >= 0.6 is 11.6 Å². The van der Waals surface area contributed by atoms with E-state index in [1.54, 1.807) is 72.9 Å². The monoisotopic (exact) mass is 405 g/mol. The summed E-state index contributed by atoms with van der Waals surface area (Å²) in [6, 6.07) is 21.2. The minimum absolute atomic E-state index is 0.218. The highest BCUT2D eigenvalue weighted by molar-refractivity contribution is 6.32. The summed E-state index contributed by atoms with van der Waals surface area (Å²) in [6.07, 6.45) is 1.57. The Labute approximate surface area is 171 Å². The van der Waals surface area contributed by atoms with Gasteiger partial charge in [-0.15, -0.1) is 0 Å². The molecule has 6 nitrogen and oxygen atoms in total. The lowest BCUT2D eigenvalue weighted by atomic mass is 10.2. The topological polar surface area (TPSA) is 73.2 Å². The molecule has 0 aliphatic carbocycles. The fourth-order valence-corrected chi connectivity index (χ4v) is 3.05. The Kier molecular flexibility index (Phi) is 5.27. The normalized spacial score (nSPS) is 10.7. The van der Waals surface area contributed by atoms with Crippen LogP contribution in [0.3, 0.4) is 0 Å². The van der Waals surface area contributed by atoms with Crippen LogP contribution in [0.2, 0.25) is 5.02 Å². The van der Waals surface area contributed by atoms with Crippen molar-refractivity contribution in [2.24, 2.45) is 0 Å². The van der Waals surface area contributed by atoms with Crippen molar-refractivity contribution in [3.8, 4) is 11.5 Å². The largest absolute Gasteiger partial charge is 0.454 e. The van der Waals surface area contributed by atoms with E-state index < -0.39 is 5.91 Å². The van der Waals surface area contributed by atoms with Crippen molar-refractivity contribution in [1.29, 1.82) is 0 Å². The average molecular weight is 406 g/mol. The summed E-state index contributed by atoms with van der Waals surface area (Å²) in [5, 5.41) is 8.55. The summed E-state index contributed by atoms with van der Waals surface area (Å²) in [5.74, 6) is 0.515. The van der Waals surface area contributed by atoms with Crippen molar-refractivity contribution in [2.45, 2.75) is 6.54 Å². The second-order valence-corrected chi connectivity index (χ2v) is 6.68. The predicted octanol–water partition coefficient (Wildman–Crippen LogP) is 4.48. The third kappa shape index (κ3) is 4.12. The Balaban J connectivity index is 1.54. The van der Waals surface area contributed by atoms with E-state index in [0.717, 1.165) is 10.1 Å². The van der Waals surface area contributed by atoms with Crippen molar-refractivity contribution >= 4 is 34.0 Å². The van der Waals surface area contributed by atoms with E-state index in [-0.39, 0.29) is 12.1 Å². The van der Waals surface area contributed by atoms with Crippen molar-refractivity contribution in [2.75, 3.05) is 5.32 Å². The number of hydrogen-bond donors (Lipinski definition) is 1. The smallest absolute Gasteiger partial charge is 0.275 e. The quantitative estimate of drug-likeness (QED) is 0.531. The third-order valence-corrected chi connectivity index (χ3v) is 4.59. The number of amides is 1. The van der Waals surface area contributed by atoms with E-state index in [4.69, 9.17) is 16.3 Å². The van der Waals surface area contributed by atoms with Crippen LogP contribution < -0.4 is 15.6 Å². The van der Waals surface area contributed by atoms with Crippen LogP contribution in [-0.2, 0) is 11.3 Å². The zero-order valence-electron chi connectivity index (χ0n) is 15.2. The highest BCUT2D eigenvalue weighted by atomic mass is 35.5. The van der Waals surface area contributed by atoms with Crippen molar-refractivity contribution in [1.82, 2.24) is 9.78 Å². The van der Waals surface area contributed by atoms with Crippen molar-refractivity contribution < 1.29 is 9.53 Å². The number of halogens is 1. The third-order valence-electron chi connectivity index (χ3n) is 4.27. The summed E-state index contributed by atoms with van der Waals surface area (Å²) in [7, 11) is 0. The molecule has 0 spiro atoms. The number of carbonyl (C=O) groups excluding carboxylic acids is 1. The number of carbonyl (C=O) groups is 1. The summed E-state index contributed by atoms with van der Waals surface area (Å²) >= 11 is 6.15. The average Bonchev–Trinajstić information content (AvgIpc) is 2.73. The number of fused-ring (bicyclic) bond motifs is 1. The Morgan fingerprint density at radius 3 is 2.48 bits per heavy atom. The molecule has 1 aromatic heterocycles. The van der Waals surface area contributed by atoms with E-state index in [2.05, 4.69) is 10.4 Å². The molecule has 4 rings (SSSR count). The van der Waals surface area contributed by atoms with Crippen LogP contribution in [0, 0.1) is 0 Å². The van der Waals surface area contributed by atoms with Gasteiger partial charge in [-0.3, -0.25) is 9.59 Å².